The first-order valence-electron chi connectivity index (χ1n) is 7.44. The Balaban J connectivity index is 1.36. The smallest absolute Gasteiger partial charge is 0.231 e. The van der Waals surface area contributed by atoms with Crippen LogP contribution >= 0.6 is 11.5 Å². The van der Waals surface area contributed by atoms with Gasteiger partial charge in [0, 0.05) is 44.3 Å². The van der Waals surface area contributed by atoms with E-state index in [2.05, 4.69) is 31.3 Å². The van der Waals surface area contributed by atoms with Crippen molar-refractivity contribution < 1.29 is 9.47 Å². The van der Waals surface area contributed by atoms with E-state index in [0.29, 0.717) is 6.79 Å². The molecule has 7 heteroatoms. The second-order valence-corrected chi connectivity index (χ2v) is 6.31. The Kier molecular flexibility index (Phi) is 3.59. The van der Waals surface area contributed by atoms with Crippen molar-refractivity contribution in [1.82, 2.24) is 14.3 Å². The fourth-order valence-electron chi connectivity index (χ4n) is 2.81. The Morgan fingerprint density at radius 2 is 1.95 bits per heavy atom. The molecular weight excluding hydrogens is 300 g/mol. The average molecular weight is 318 g/mol. The molecule has 2 aromatic rings. The molecule has 0 N–H and O–H groups in total. The largest absolute Gasteiger partial charge is 0.454 e. The summed E-state index contributed by atoms with van der Waals surface area (Å²) in [7, 11) is 0. The Morgan fingerprint density at radius 1 is 1.14 bits per heavy atom. The number of nitrogens with zero attached hydrogens (tertiary/aromatic N) is 4. The van der Waals surface area contributed by atoms with Gasteiger partial charge in [-0.15, -0.1) is 0 Å². The number of aromatic nitrogens is 2. The van der Waals surface area contributed by atoms with Crippen molar-refractivity contribution in [2.24, 2.45) is 0 Å². The maximum Gasteiger partial charge on any atom is 0.231 e. The zero-order valence-electron chi connectivity index (χ0n) is 12.5. The zero-order valence-corrected chi connectivity index (χ0v) is 13.3. The number of aryl methyl sites for hydroxylation is 1. The summed E-state index contributed by atoms with van der Waals surface area (Å²) in [5.41, 5.74) is 1.27. The Labute approximate surface area is 133 Å². The topological polar surface area (TPSA) is 50.7 Å². The molecule has 1 aromatic heterocycles. The van der Waals surface area contributed by atoms with Crippen molar-refractivity contribution in [3.05, 3.63) is 29.6 Å². The van der Waals surface area contributed by atoms with Crippen LogP contribution in [0.4, 0.5) is 5.13 Å². The van der Waals surface area contributed by atoms with Gasteiger partial charge < -0.3 is 14.4 Å². The van der Waals surface area contributed by atoms with Crippen LogP contribution in [0, 0.1) is 6.92 Å². The summed E-state index contributed by atoms with van der Waals surface area (Å²) in [4.78, 5) is 9.25. The zero-order chi connectivity index (χ0) is 14.9. The van der Waals surface area contributed by atoms with E-state index in [1.807, 2.05) is 13.0 Å². The van der Waals surface area contributed by atoms with E-state index in [9.17, 15) is 0 Å². The fourth-order valence-corrected chi connectivity index (χ4v) is 3.53. The van der Waals surface area contributed by atoms with Gasteiger partial charge in [0.25, 0.3) is 0 Å². The molecule has 0 unspecified atom stereocenters. The summed E-state index contributed by atoms with van der Waals surface area (Å²) in [6.45, 7) is 7.28. The van der Waals surface area contributed by atoms with Gasteiger partial charge in [0.2, 0.25) is 11.9 Å². The molecule has 22 heavy (non-hydrogen) atoms. The summed E-state index contributed by atoms with van der Waals surface area (Å²) < 4.78 is 15.1. The van der Waals surface area contributed by atoms with Crippen LogP contribution in [0.25, 0.3) is 0 Å². The maximum absolute atomic E-state index is 5.44. The normalized spacial score (nSPS) is 18.0. The Hall–Kier alpha value is -1.86. The monoisotopic (exact) mass is 318 g/mol. The first-order chi connectivity index (χ1) is 10.8. The van der Waals surface area contributed by atoms with Crippen LogP contribution in [0.2, 0.25) is 0 Å². The highest BCUT2D eigenvalue weighted by molar-refractivity contribution is 7.09. The van der Waals surface area contributed by atoms with Crippen LogP contribution < -0.4 is 14.4 Å². The molecule has 2 aliphatic heterocycles. The standard InChI is InChI=1S/C15H18N4O2S/c1-11-16-15(22-17-11)19-6-4-18(5-7-19)9-12-2-3-13-14(8-12)21-10-20-13/h2-3,8H,4-7,9-10H2,1H3. The highest BCUT2D eigenvalue weighted by Gasteiger charge is 2.20. The van der Waals surface area contributed by atoms with Crippen LogP contribution in [0.1, 0.15) is 11.4 Å². The third kappa shape index (κ3) is 2.74. The van der Waals surface area contributed by atoms with Crippen molar-refractivity contribution in [1.29, 1.82) is 0 Å². The number of ether oxygens (including phenoxy) is 2. The maximum atomic E-state index is 5.44. The Bertz CT molecular complexity index is 667. The molecule has 0 radical (unpaired) electrons. The minimum absolute atomic E-state index is 0.332. The van der Waals surface area contributed by atoms with Crippen molar-refractivity contribution >= 4 is 16.7 Å². The second kappa shape index (κ2) is 5.73. The first-order valence-corrected chi connectivity index (χ1v) is 8.21. The molecule has 6 nitrogen and oxygen atoms in total. The van der Waals surface area contributed by atoms with Gasteiger partial charge in [-0.1, -0.05) is 6.07 Å². The molecule has 3 heterocycles. The van der Waals surface area contributed by atoms with E-state index >= 15 is 0 Å². The molecule has 0 spiro atoms. The summed E-state index contributed by atoms with van der Waals surface area (Å²) in [6, 6.07) is 6.20. The highest BCUT2D eigenvalue weighted by atomic mass is 32.1. The molecule has 1 fully saturated rings. The number of piperazine rings is 1. The van der Waals surface area contributed by atoms with Crippen LogP contribution in [0.15, 0.2) is 18.2 Å². The van der Waals surface area contributed by atoms with E-state index in [1.165, 1.54) is 17.1 Å². The van der Waals surface area contributed by atoms with Crippen molar-refractivity contribution in [2.75, 3.05) is 37.9 Å². The molecule has 2 aliphatic rings. The number of fused-ring (bicyclic) bond motifs is 1. The lowest BCUT2D eigenvalue weighted by Gasteiger charge is -2.34. The quantitative estimate of drug-likeness (QED) is 0.861. The van der Waals surface area contributed by atoms with E-state index in [-0.39, 0.29) is 0 Å². The average Bonchev–Trinajstić information content (AvgIpc) is 3.16. The summed E-state index contributed by atoms with van der Waals surface area (Å²) in [5, 5.41) is 1.04. The molecular formula is C15H18N4O2S. The van der Waals surface area contributed by atoms with Gasteiger partial charge in [0.1, 0.15) is 5.82 Å². The van der Waals surface area contributed by atoms with Crippen LogP contribution in [-0.2, 0) is 6.54 Å². The van der Waals surface area contributed by atoms with Gasteiger partial charge in [0.15, 0.2) is 11.5 Å². The first kappa shape index (κ1) is 13.8. The van der Waals surface area contributed by atoms with Gasteiger partial charge in [-0.05, 0) is 24.6 Å². The predicted molar refractivity (Wildman–Crippen MR) is 84.7 cm³/mol. The molecule has 0 atom stereocenters. The minimum Gasteiger partial charge on any atom is -0.454 e. The summed E-state index contributed by atoms with van der Waals surface area (Å²) >= 11 is 1.49. The summed E-state index contributed by atoms with van der Waals surface area (Å²) in [6.07, 6.45) is 0. The Morgan fingerprint density at radius 3 is 2.73 bits per heavy atom. The molecule has 1 saturated heterocycles. The van der Waals surface area contributed by atoms with Crippen molar-refractivity contribution in [3.63, 3.8) is 0 Å². The van der Waals surface area contributed by atoms with Gasteiger partial charge in [-0.2, -0.15) is 4.37 Å². The van der Waals surface area contributed by atoms with Gasteiger partial charge >= 0.3 is 0 Å². The molecule has 4 rings (SSSR count). The number of hydrogen-bond donors (Lipinski definition) is 0. The lowest BCUT2D eigenvalue weighted by Crippen LogP contribution is -2.45. The lowest BCUT2D eigenvalue weighted by atomic mass is 10.1. The van der Waals surface area contributed by atoms with Crippen molar-refractivity contribution in [3.8, 4) is 11.5 Å². The lowest BCUT2D eigenvalue weighted by molar-refractivity contribution is 0.174. The SMILES string of the molecule is Cc1nsc(N2CCN(Cc3ccc4c(c3)OCO4)CC2)n1. The number of benzene rings is 1. The molecule has 0 bridgehead atoms. The van der Waals surface area contributed by atoms with Crippen molar-refractivity contribution in [2.45, 2.75) is 13.5 Å². The number of anilines is 1. The third-order valence-electron chi connectivity index (χ3n) is 4.00. The van der Waals surface area contributed by atoms with Crippen LogP contribution in [0.5, 0.6) is 11.5 Å². The van der Waals surface area contributed by atoms with E-state index < -0.39 is 0 Å². The second-order valence-electron chi connectivity index (χ2n) is 5.57. The third-order valence-corrected chi connectivity index (χ3v) is 4.87. The van der Waals surface area contributed by atoms with E-state index in [4.69, 9.17) is 9.47 Å². The highest BCUT2D eigenvalue weighted by Crippen LogP contribution is 2.33. The van der Waals surface area contributed by atoms with Crippen LogP contribution in [-0.4, -0.2) is 47.2 Å². The molecule has 0 amide bonds. The fraction of sp³-hybridized carbons (Fsp3) is 0.467. The summed E-state index contributed by atoms with van der Waals surface area (Å²) in [5.74, 6) is 2.57. The molecule has 1 aromatic carbocycles. The number of hydrogen-bond acceptors (Lipinski definition) is 7. The van der Waals surface area contributed by atoms with E-state index in [0.717, 1.165) is 55.2 Å². The molecule has 116 valence electrons. The van der Waals surface area contributed by atoms with Gasteiger partial charge in [0.05, 0.1) is 0 Å². The predicted octanol–water partition coefficient (Wildman–Crippen LogP) is 1.90. The van der Waals surface area contributed by atoms with Crippen LogP contribution in [0.3, 0.4) is 0 Å². The van der Waals surface area contributed by atoms with E-state index in [1.54, 1.807) is 0 Å². The minimum atomic E-state index is 0.332. The van der Waals surface area contributed by atoms with Gasteiger partial charge in [-0.3, -0.25) is 4.90 Å². The molecule has 0 aliphatic carbocycles. The number of rotatable bonds is 3. The van der Waals surface area contributed by atoms with Gasteiger partial charge in [-0.25, -0.2) is 4.98 Å². The molecule has 0 saturated carbocycles.